The van der Waals surface area contributed by atoms with Gasteiger partial charge in [-0.05, 0) is 45.9 Å². The lowest BCUT2D eigenvalue weighted by molar-refractivity contribution is 0.00358. The quantitative estimate of drug-likeness (QED) is 0.871. The largest absolute Gasteiger partial charge is 0.495 e. The number of sulfonamides is 1. The maximum atomic E-state index is 12.8. The minimum atomic E-state index is -3.83. The molecule has 25 heavy (non-hydrogen) atoms. The van der Waals surface area contributed by atoms with Crippen LogP contribution >= 0.6 is 0 Å². The molecule has 0 aromatic heterocycles. The number of nitrogens with zero attached hydrogens (tertiary/aromatic N) is 1. The highest BCUT2D eigenvalue weighted by molar-refractivity contribution is 7.89. The molecule has 1 N–H and O–H groups in total. The van der Waals surface area contributed by atoms with Crippen molar-refractivity contribution in [2.24, 2.45) is 0 Å². The summed E-state index contributed by atoms with van der Waals surface area (Å²) in [5.41, 5.74) is -0.341. The zero-order valence-corrected chi connectivity index (χ0v) is 16.1. The average Bonchev–Trinajstić information content (AvgIpc) is 2.52. The van der Waals surface area contributed by atoms with Gasteiger partial charge in [0.2, 0.25) is 10.0 Å². The zero-order chi connectivity index (χ0) is 18.8. The Morgan fingerprint density at radius 3 is 2.60 bits per heavy atom. The van der Waals surface area contributed by atoms with Crippen molar-refractivity contribution in [3.63, 3.8) is 0 Å². The molecule has 1 aliphatic rings. The molecule has 1 unspecified atom stereocenters. The van der Waals surface area contributed by atoms with Crippen molar-refractivity contribution >= 4 is 15.9 Å². The number of benzene rings is 1. The van der Waals surface area contributed by atoms with E-state index < -0.39 is 15.6 Å². The second-order valence-electron chi connectivity index (χ2n) is 7.14. The van der Waals surface area contributed by atoms with E-state index in [9.17, 15) is 13.2 Å². The Balaban J connectivity index is 2.41. The molecule has 140 valence electrons. The second kappa shape index (κ2) is 7.31. The lowest BCUT2D eigenvalue weighted by Crippen LogP contribution is -2.47. The van der Waals surface area contributed by atoms with E-state index in [0.717, 1.165) is 0 Å². The van der Waals surface area contributed by atoms with Gasteiger partial charge >= 0.3 is 0 Å². The summed E-state index contributed by atoms with van der Waals surface area (Å²) in [6.07, 6.45) is 0. The maximum Gasteiger partial charge on any atom is 0.254 e. The Labute approximate surface area is 149 Å². The number of methoxy groups -OCH3 is 1. The van der Waals surface area contributed by atoms with Crippen LogP contribution in [0, 0.1) is 0 Å². The SMILES string of the molecule is COc1ccc(C(=O)N2CCOCC2C)cc1S(=O)(=O)NC(C)(C)C. The smallest absolute Gasteiger partial charge is 0.254 e. The van der Waals surface area contributed by atoms with E-state index in [-0.39, 0.29) is 22.6 Å². The predicted molar refractivity (Wildman–Crippen MR) is 94.4 cm³/mol. The molecule has 1 aromatic rings. The van der Waals surface area contributed by atoms with Gasteiger partial charge in [-0.3, -0.25) is 4.79 Å². The average molecular weight is 370 g/mol. The van der Waals surface area contributed by atoms with Gasteiger partial charge in [0, 0.05) is 17.6 Å². The Kier molecular flexibility index (Phi) is 5.75. The highest BCUT2D eigenvalue weighted by atomic mass is 32.2. The first-order valence-electron chi connectivity index (χ1n) is 8.16. The number of carbonyl (C=O) groups excluding carboxylic acids is 1. The molecule has 2 rings (SSSR count). The Hall–Kier alpha value is -1.64. The first-order chi connectivity index (χ1) is 11.5. The van der Waals surface area contributed by atoms with Gasteiger partial charge in [-0.15, -0.1) is 0 Å². The summed E-state index contributed by atoms with van der Waals surface area (Å²) in [5, 5.41) is 0. The minimum Gasteiger partial charge on any atom is -0.495 e. The van der Waals surface area contributed by atoms with Crippen molar-refractivity contribution in [1.82, 2.24) is 9.62 Å². The summed E-state index contributed by atoms with van der Waals surface area (Å²) >= 11 is 0. The van der Waals surface area contributed by atoms with Gasteiger partial charge < -0.3 is 14.4 Å². The third kappa shape index (κ3) is 4.71. The monoisotopic (exact) mass is 370 g/mol. The molecule has 0 spiro atoms. The molecule has 1 fully saturated rings. The molecule has 0 radical (unpaired) electrons. The van der Waals surface area contributed by atoms with Crippen LogP contribution in [0.2, 0.25) is 0 Å². The van der Waals surface area contributed by atoms with E-state index in [1.165, 1.54) is 19.2 Å². The number of rotatable bonds is 4. The van der Waals surface area contributed by atoms with Gasteiger partial charge in [-0.1, -0.05) is 0 Å². The number of carbonyl (C=O) groups is 1. The summed E-state index contributed by atoms with van der Waals surface area (Å²) in [4.78, 5) is 14.4. The minimum absolute atomic E-state index is 0.0447. The van der Waals surface area contributed by atoms with Crippen LogP contribution in [0.3, 0.4) is 0 Å². The third-order valence-corrected chi connectivity index (χ3v) is 5.55. The topological polar surface area (TPSA) is 84.9 Å². The van der Waals surface area contributed by atoms with Gasteiger partial charge in [0.05, 0.1) is 26.4 Å². The van der Waals surface area contributed by atoms with E-state index in [0.29, 0.717) is 25.3 Å². The third-order valence-electron chi connectivity index (χ3n) is 3.77. The standard InChI is InChI=1S/C17H26N2O5S/c1-12-11-24-9-8-19(12)16(20)13-6-7-14(23-5)15(10-13)25(21,22)18-17(2,3)4/h6-7,10,12,18H,8-9,11H2,1-5H3. The van der Waals surface area contributed by atoms with E-state index in [4.69, 9.17) is 9.47 Å². The van der Waals surface area contributed by atoms with E-state index >= 15 is 0 Å². The molecule has 1 saturated heterocycles. The fraction of sp³-hybridized carbons (Fsp3) is 0.588. The molecule has 7 nitrogen and oxygen atoms in total. The first kappa shape index (κ1) is 19.7. The molecule has 0 saturated carbocycles. The van der Waals surface area contributed by atoms with Crippen molar-refractivity contribution in [1.29, 1.82) is 0 Å². The Bertz CT molecular complexity index is 740. The van der Waals surface area contributed by atoms with Crippen LogP contribution in [0.15, 0.2) is 23.1 Å². The Morgan fingerprint density at radius 2 is 2.04 bits per heavy atom. The van der Waals surface area contributed by atoms with Crippen molar-refractivity contribution in [3.05, 3.63) is 23.8 Å². The zero-order valence-electron chi connectivity index (χ0n) is 15.3. The fourth-order valence-corrected chi connectivity index (χ4v) is 4.29. The second-order valence-corrected chi connectivity index (χ2v) is 8.79. The van der Waals surface area contributed by atoms with Crippen molar-refractivity contribution in [3.8, 4) is 5.75 Å². The summed E-state index contributed by atoms with van der Waals surface area (Å²) < 4.78 is 38.5. The van der Waals surface area contributed by atoms with E-state index in [2.05, 4.69) is 4.72 Å². The fourth-order valence-electron chi connectivity index (χ4n) is 2.67. The summed E-state index contributed by atoms with van der Waals surface area (Å²) in [7, 11) is -2.43. The molecule has 0 aliphatic carbocycles. The van der Waals surface area contributed by atoms with Gasteiger partial charge in [0.15, 0.2) is 0 Å². The molecule has 1 aliphatic heterocycles. The Morgan fingerprint density at radius 1 is 1.36 bits per heavy atom. The lowest BCUT2D eigenvalue weighted by atomic mass is 10.1. The molecular weight excluding hydrogens is 344 g/mol. The molecule has 1 atom stereocenters. The summed E-state index contributed by atoms with van der Waals surface area (Å²) in [5.74, 6) is -0.0195. The maximum absolute atomic E-state index is 12.8. The van der Waals surface area contributed by atoms with Crippen molar-refractivity contribution < 1.29 is 22.7 Å². The molecule has 1 amide bonds. The number of hydrogen-bond donors (Lipinski definition) is 1. The van der Waals surface area contributed by atoms with Crippen LogP contribution in [-0.2, 0) is 14.8 Å². The molecule has 0 bridgehead atoms. The van der Waals surface area contributed by atoms with E-state index in [1.54, 1.807) is 31.7 Å². The molecular formula is C17H26N2O5S. The van der Waals surface area contributed by atoms with Crippen molar-refractivity contribution in [2.75, 3.05) is 26.9 Å². The predicted octanol–water partition coefficient (Wildman–Crippen LogP) is 1.63. The molecule has 1 heterocycles. The van der Waals surface area contributed by atoms with Crippen LogP contribution in [0.4, 0.5) is 0 Å². The number of ether oxygens (including phenoxy) is 2. The van der Waals surface area contributed by atoms with Crippen LogP contribution < -0.4 is 9.46 Å². The van der Waals surface area contributed by atoms with Gasteiger partial charge in [0.1, 0.15) is 10.6 Å². The number of amides is 1. The molecule has 8 heteroatoms. The summed E-state index contributed by atoms with van der Waals surface area (Å²) in [6.45, 7) is 8.58. The number of morpholine rings is 1. The number of hydrogen-bond acceptors (Lipinski definition) is 5. The van der Waals surface area contributed by atoms with Crippen LogP contribution in [0.25, 0.3) is 0 Å². The highest BCUT2D eigenvalue weighted by Crippen LogP contribution is 2.27. The van der Waals surface area contributed by atoms with Gasteiger partial charge in [-0.2, -0.15) is 0 Å². The normalized spacial score (nSPS) is 18.9. The lowest BCUT2D eigenvalue weighted by Gasteiger charge is -2.33. The highest BCUT2D eigenvalue weighted by Gasteiger charge is 2.29. The summed E-state index contributed by atoms with van der Waals surface area (Å²) in [6, 6.07) is 4.41. The van der Waals surface area contributed by atoms with Crippen LogP contribution in [0.5, 0.6) is 5.75 Å². The first-order valence-corrected chi connectivity index (χ1v) is 9.64. The van der Waals surface area contributed by atoms with Gasteiger partial charge in [0.25, 0.3) is 5.91 Å². The van der Waals surface area contributed by atoms with E-state index in [1.807, 2.05) is 6.92 Å². The van der Waals surface area contributed by atoms with Crippen molar-refractivity contribution in [2.45, 2.75) is 44.2 Å². The number of nitrogens with one attached hydrogen (secondary N) is 1. The molecule has 1 aromatic carbocycles. The van der Waals surface area contributed by atoms with Gasteiger partial charge in [-0.25, -0.2) is 13.1 Å². The van der Waals surface area contributed by atoms with Crippen LogP contribution in [0.1, 0.15) is 38.1 Å². The van der Waals surface area contributed by atoms with Crippen LogP contribution in [-0.4, -0.2) is 57.7 Å².